The minimum absolute atomic E-state index is 0.108. The summed E-state index contributed by atoms with van der Waals surface area (Å²) in [7, 11) is 1.85. The van der Waals surface area contributed by atoms with Crippen LogP contribution < -0.4 is 4.90 Å². The predicted octanol–water partition coefficient (Wildman–Crippen LogP) is 3.10. The highest BCUT2D eigenvalue weighted by Crippen LogP contribution is 2.26. The zero-order valence-corrected chi connectivity index (χ0v) is 16.6. The lowest BCUT2D eigenvalue weighted by Gasteiger charge is -2.26. The van der Waals surface area contributed by atoms with Gasteiger partial charge in [-0.3, -0.25) is 4.79 Å². The van der Waals surface area contributed by atoms with Crippen LogP contribution in [0.4, 0.5) is 5.69 Å². The molecule has 2 atom stereocenters. The molecule has 1 rings (SSSR count). The first-order valence-electron chi connectivity index (χ1n) is 8.24. The smallest absolute Gasteiger partial charge is 0.303 e. The number of nitrogens with zero attached hydrogens (tertiary/aromatic N) is 2. The average Bonchev–Trinajstić information content (AvgIpc) is 2.63. The number of carbonyl (C=O) groups is 1. The van der Waals surface area contributed by atoms with Gasteiger partial charge in [0.15, 0.2) is 5.44 Å². The zero-order chi connectivity index (χ0) is 19.4. The molecule has 0 fully saturated rings. The van der Waals surface area contributed by atoms with E-state index in [1.807, 2.05) is 42.3 Å². The molecule has 0 aliphatic rings. The van der Waals surface area contributed by atoms with Gasteiger partial charge in [-0.1, -0.05) is 42.2 Å². The number of rotatable bonds is 10. The van der Waals surface area contributed by atoms with Crippen LogP contribution in [0, 0.1) is 11.3 Å². The van der Waals surface area contributed by atoms with E-state index < -0.39 is 11.4 Å². The van der Waals surface area contributed by atoms with Crippen molar-refractivity contribution >= 4 is 40.0 Å². The maximum absolute atomic E-state index is 11.5. The van der Waals surface area contributed by atoms with Gasteiger partial charge in [0.1, 0.15) is 4.32 Å². The molecule has 2 unspecified atom stereocenters. The summed E-state index contributed by atoms with van der Waals surface area (Å²) in [6, 6.07) is 11.7. The summed E-state index contributed by atoms with van der Waals surface area (Å²) in [5.41, 5.74) is 0.401. The summed E-state index contributed by atoms with van der Waals surface area (Å²) in [6.07, 6.45) is 0.899. The Bertz CT molecular complexity index is 607. The number of nitriles is 1. The van der Waals surface area contributed by atoms with Crippen molar-refractivity contribution in [3.05, 3.63) is 30.3 Å². The molecule has 0 heterocycles. The number of esters is 1. The van der Waals surface area contributed by atoms with Gasteiger partial charge in [-0.25, -0.2) is 0 Å². The number of thiocarbonyl (C=S) groups is 1. The largest absolute Gasteiger partial charge is 0.451 e. The molecule has 142 valence electrons. The van der Waals surface area contributed by atoms with Crippen LogP contribution >= 0.6 is 24.0 Å². The Hall–Kier alpha value is -1.66. The van der Waals surface area contributed by atoms with Gasteiger partial charge < -0.3 is 19.5 Å². The monoisotopic (exact) mass is 396 g/mol. The second-order valence-corrected chi connectivity index (χ2v) is 7.26. The van der Waals surface area contributed by atoms with Crippen molar-refractivity contribution in [2.75, 3.05) is 25.2 Å². The molecule has 1 aromatic carbocycles. The van der Waals surface area contributed by atoms with Crippen molar-refractivity contribution in [3.63, 3.8) is 0 Å². The number of carbonyl (C=O) groups excluding carboxylic acids is 1. The van der Waals surface area contributed by atoms with Crippen molar-refractivity contribution in [2.45, 2.75) is 37.7 Å². The molecule has 1 N–H and O–H groups in total. The number of hydrogen-bond donors (Lipinski definition) is 1. The Morgan fingerprint density at radius 1 is 1.42 bits per heavy atom. The van der Waals surface area contributed by atoms with Gasteiger partial charge in [-0.2, -0.15) is 5.26 Å². The highest BCUT2D eigenvalue weighted by molar-refractivity contribution is 8.23. The van der Waals surface area contributed by atoms with Gasteiger partial charge >= 0.3 is 5.97 Å². The Morgan fingerprint density at radius 3 is 2.69 bits per heavy atom. The lowest BCUT2D eigenvalue weighted by Crippen LogP contribution is -2.29. The summed E-state index contributed by atoms with van der Waals surface area (Å²) >= 11 is 6.74. The number of para-hydroxylation sites is 1. The van der Waals surface area contributed by atoms with Gasteiger partial charge in [0.05, 0.1) is 25.4 Å². The maximum atomic E-state index is 11.5. The second kappa shape index (κ2) is 12.7. The molecule has 0 radical (unpaired) electrons. The van der Waals surface area contributed by atoms with Crippen molar-refractivity contribution in [3.8, 4) is 6.07 Å². The van der Waals surface area contributed by atoms with Crippen LogP contribution in [0.3, 0.4) is 0 Å². The summed E-state index contributed by atoms with van der Waals surface area (Å²) < 4.78 is 11.5. The van der Waals surface area contributed by atoms with E-state index in [-0.39, 0.29) is 19.3 Å². The van der Waals surface area contributed by atoms with Crippen molar-refractivity contribution in [2.24, 2.45) is 0 Å². The summed E-state index contributed by atoms with van der Waals surface area (Å²) in [5, 5.41) is 17.7. The van der Waals surface area contributed by atoms with E-state index in [2.05, 4.69) is 6.07 Å². The second-order valence-electron chi connectivity index (χ2n) is 5.47. The molecular weight excluding hydrogens is 372 g/mol. The molecule has 0 aliphatic heterocycles. The SMILES string of the molecule is CC(=O)OC(CC(CCC#N)OCCO)SC(=S)N(C)c1ccccc1. The normalized spacial score (nSPS) is 12.7. The van der Waals surface area contributed by atoms with E-state index in [0.717, 1.165) is 5.69 Å². The van der Waals surface area contributed by atoms with E-state index in [0.29, 0.717) is 23.6 Å². The number of ether oxygens (including phenoxy) is 2. The molecule has 0 saturated carbocycles. The van der Waals surface area contributed by atoms with Gasteiger partial charge in [0.25, 0.3) is 0 Å². The molecule has 0 amide bonds. The summed E-state index contributed by atoms with van der Waals surface area (Å²) in [6.45, 7) is 1.40. The first-order valence-corrected chi connectivity index (χ1v) is 9.52. The molecule has 6 nitrogen and oxygen atoms in total. The Balaban J connectivity index is 2.75. The van der Waals surface area contributed by atoms with Gasteiger partial charge in [0.2, 0.25) is 0 Å². The minimum Gasteiger partial charge on any atom is -0.451 e. The van der Waals surface area contributed by atoms with Crippen LogP contribution in [0.25, 0.3) is 0 Å². The number of benzene rings is 1. The Morgan fingerprint density at radius 2 is 2.12 bits per heavy atom. The lowest BCUT2D eigenvalue weighted by atomic mass is 10.1. The number of thioether (sulfide) groups is 1. The van der Waals surface area contributed by atoms with Crippen molar-refractivity contribution in [1.82, 2.24) is 0 Å². The lowest BCUT2D eigenvalue weighted by molar-refractivity contribution is -0.143. The molecule has 0 spiro atoms. The third-order valence-corrected chi connectivity index (χ3v) is 5.01. The molecule has 0 bridgehead atoms. The quantitative estimate of drug-likeness (QED) is 0.367. The standard InChI is InChI=1S/C18H24N2O4S2/c1-14(22)24-17(13-16(9-6-10-19)23-12-11-21)26-18(25)20(2)15-7-4-3-5-8-15/h3-5,7-8,16-17,21H,6,9,11-13H2,1-2H3. The fourth-order valence-corrected chi connectivity index (χ4v) is 3.59. The summed E-state index contributed by atoms with van der Waals surface area (Å²) in [4.78, 5) is 13.3. The number of aliphatic hydroxyl groups is 1. The highest BCUT2D eigenvalue weighted by Gasteiger charge is 2.23. The molecule has 0 aliphatic carbocycles. The zero-order valence-electron chi connectivity index (χ0n) is 15.0. The fourth-order valence-electron chi connectivity index (χ4n) is 2.18. The van der Waals surface area contributed by atoms with E-state index in [4.69, 9.17) is 32.1 Å². The number of hydrogen-bond acceptors (Lipinski definition) is 7. The third kappa shape index (κ3) is 8.63. The Kier molecular flexibility index (Phi) is 10.9. The van der Waals surface area contributed by atoms with E-state index in [1.54, 1.807) is 0 Å². The first kappa shape index (κ1) is 22.4. The topological polar surface area (TPSA) is 82.8 Å². The minimum atomic E-state index is -0.534. The molecule has 8 heteroatoms. The van der Waals surface area contributed by atoms with E-state index >= 15 is 0 Å². The van der Waals surface area contributed by atoms with E-state index in [9.17, 15) is 4.79 Å². The number of anilines is 1. The highest BCUT2D eigenvalue weighted by atomic mass is 32.2. The Labute approximate surface area is 164 Å². The third-order valence-electron chi connectivity index (χ3n) is 3.43. The summed E-state index contributed by atoms with van der Waals surface area (Å²) in [5.74, 6) is -0.408. The van der Waals surface area contributed by atoms with Crippen LogP contribution in [0.1, 0.15) is 26.2 Å². The molecule has 0 saturated heterocycles. The predicted molar refractivity (Wildman–Crippen MR) is 107 cm³/mol. The average molecular weight is 397 g/mol. The van der Waals surface area contributed by atoms with Gasteiger partial charge in [0, 0.05) is 32.5 Å². The molecular formula is C18H24N2O4S2. The number of aliphatic hydroxyl groups excluding tert-OH is 1. The fraction of sp³-hybridized carbons (Fsp3) is 0.500. The molecule has 1 aromatic rings. The van der Waals surface area contributed by atoms with Gasteiger partial charge in [-0.15, -0.1) is 0 Å². The molecule has 0 aromatic heterocycles. The first-order chi connectivity index (χ1) is 12.5. The molecule has 26 heavy (non-hydrogen) atoms. The van der Waals surface area contributed by atoms with Crippen LogP contribution in [-0.2, 0) is 14.3 Å². The van der Waals surface area contributed by atoms with Crippen molar-refractivity contribution < 1.29 is 19.4 Å². The van der Waals surface area contributed by atoms with Crippen molar-refractivity contribution in [1.29, 1.82) is 5.26 Å². The van der Waals surface area contributed by atoms with Crippen LogP contribution in [0.2, 0.25) is 0 Å². The van der Waals surface area contributed by atoms with Gasteiger partial charge in [-0.05, 0) is 18.6 Å². The maximum Gasteiger partial charge on any atom is 0.303 e. The van der Waals surface area contributed by atoms with Crippen LogP contribution in [-0.4, -0.2) is 47.2 Å². The van der Waals surface area contributed by atoms with Crippen LogP contribution in [0.5, 0.6) is 0 Å². The van der Waals surface area contributed by atoms with Crippen LogP contribution in [0.15, 0.2) is 30.3 Å². The van der Waals surface area contributed by atoms with E-state index in [1.165, 1.54) is 18.7 Å².